The molecule has 0 spiro atoms. The molecule has 0 aromatic rings. The van der Waals surface area contributed by atoms with E-state index in [2.05, 4.69) is 43.5 Å². The van der Waals surface area contributed by atoms with E-state index >= 15 is 0 Å². The van der Waals surface area contributed by atoms with Crippen molar-refractivity contribution in [2.75, 3.05) is 19.8 Å². The first-order valence-corrected chi connectivity index (χ1v) is 40.7. The molecule has 0 radical (unpaired) electrons. The van der Waals surface area contributed by atoms with E-state index in [1.54, 1.807) is 6.08 Å². The SMILES string of the molecule is CCCCCCCCCCCCCCCCCC/C=C/CC/C=C/CC/C=C/C(O)C(COC1OC(CO)C(OC2OC(CO)C(O)C(O)C2O)C(O)C1O)NC(=O)CCCCCCCCCCCCCCCCCCCCCCCCCCCCCCCCCCCCC. The number of carbonyl (C=O) groups excluding carboxylic acids is 1. The van der Waals surface area contributed by atoms with Gasteiger partial charge in [-0.15, -0.1) is 0 Å². The molecule has 0 bridgehead atoms. The van der Waals surface area contributed by atoms with E-state index in [1.807, 2.05) is 6.08 Å². The number of unbranched alkanes of at least 4 members (excludes halogenated alkanes) is 52. The average Bonchev–Trinajstić information content (AvgIpc) is 0.801. The normalized spacial score (nSPS) is 22.5. The van der Waals surface area contributed by atoms with E-state index < -0.39 is 86.8 Å². The van der Waals surface area contributed by atoms with Gasteiger partial charge in [0.1, 0.15) is 48.8 Å². The second-order valence-electron chi connectivity index (χ2n) is 28.9. The van der Waals surface area contributed by atoms with Crippen LogP contribution >= 0.6 is 0 Å². The van der Waals surface area contributed by atoms with Crippen LogP contribution in [0.3, 0.4) is 0 Å². The number of allylic oxidation sites excluding steroid dienone is 5. The van der Waals surface area contributed by atoms with Crippen molar-refractivity contribution < 1.29 is 64.6 Å². The van der Waals surface area contributed by atoms with Crippen LogP contribution in [0.15, 0.2) is 36.5 Å². The monoisotopic (exact) mass is 1350 g/mol. The van der Waals surface area contributed by atoms with Crippen molar-refractivity contribution in [3.05, 3.63) is 36.5 Å². The summed E-state index contributed by atoms with van der Waals surface area (Å²) in [4.78, 5) is 13.4. The Hall–Kier alpha value is -1.79. The number of hydrogen-bond acceptors (Lipinski definition) is 13. The molecule has 0 aliphatic carbocycles. The van der Waals surface area contributed by atoms with Crippen molar-refractivity contribution in [1.82, 2.24) is 5.32 Å². The number of aliphatic hydroxyl groups excluding tert-OH is 8. The third-order valence-corrected chi connectivity index (χ3v) is 20.1. The summed E-state index contributed by atoms with van der Waals surface area (Å²) in [5.41, 5.74) is 0. The Balaban J connectivity index is 1.61. The van der Waals surface area contributed by atoms with Crippen LogP contribution in [-0.4, -0.2) is 140 Å². The predicted molar refractivity (Wildman–Crippen MR) is 392 cm³/mol. The molecular formula is C81H153NO13. The first-order valence-electron chi connectivity index (χ1n) is 40.7. The van der Waals surface area contributed by atoms with Gasteiger partial charge in [-0.05, 0) is 44.9 Å². The van der Waals surface area contributed by atoms with Gasteiger partial charge in [0.25, 0.3) is 0 Å². The number of nitrogens with one attached hydrogen (secondary N) is 1. The van der Waals surface area contributed by atoms with Crippen LogP contribution in [0, 0.1) is 0 Å². The van der Waals surface area contributed by atoms with Crippen molar-refractivity contribution in [1.29, 1.82) is 0 Å². The van der Waals surface area contributed by atoms with Crippen LogP contribution in [-0.2, 0) is 23.7 Å². The Morgan fingerprint density at radius 1 is 0.368 bits per heavy atom. The summed E-state index contributed by atoms with van der Waals surface area (Å²) in [6.45, 7) is 2.84. The van der Waals surface area contributed by atoms with Gasteiger partial charge < -0.3 is 65.1 Å². The molecule has 12 unspecified atom stereocenters. The number of hydrogen-bond donors (Lipinski definition) is 9. The van der Waals surface area contributed by atoms with Crippen LogP contribution in [0.25, 0.3) is 0 Å². The minimum atomic E-state index is -1.79. The Kier molecular flexibility index (Phi) is 61.6. The first-order chi connectivity index (χ1) is 46.6. The number of carbonyl (C=O) groups is 1. The summed E-state index contributed by atoms with van der Waals surface area (Å²) in [7, 11) is 0. The molecular weight excluding hydrogens is 1190 g/mol. The maximum atomic E-state index is 13.4. The molecule has 0 saturated carbocycles. The molecule has 95 heavy (non-hydrogen) atoms. The topological polar surface area (TPSA) is 228 Å². The Morgan fingerprint density at radius 2 is 0.674 bits per heavy atom. The van der Waals surface area contributed by atoms with Crippen molar-refractivity contribution in [3.8, 4) is 0 Å². The van der Waals surface area contributed by atoms with Gasteiger partial charge in [0, 0.05) is 6.42 Å². The van der Waals surface area contributed by atoms with Crippen LogP contribution in [0.1, 0.15) is 380 Å². The van der Waals surface area contributed by atoms with Crippen molar-refractivity contribution >= 4 is 5.91 Å². The standard InChI is InChI=1S/C81H153NO13/c1-3-5-7-9-11-13-15-17-19-21-23-25-27-29-31-32-33-34-35-36-37-38-39-41-43-45-47-49-51-53-55-57-59-61-63-65-73(86)82-69(68-92-80-78(91)76(89)79(72(67-84)94-80)95-81-77(90)75(88)74(87)71(66-83)93-81)70(85)64-62-60-58-56-54-52-50-48-46-44-42-40-30-28-26-24-22-20-18-16-14-12-10-8-6-4-2/h46,48,54,56,62,64,69-72,74-81,83-85,87-91H,3-45,47,49-53,55,57-61,63,65-68H2,1-2H3,(H,82,86)/b48-46+,56-54+,64-62+. The highest BCUT2D eigenvalue weighted by atomic mass is 16.7. The molecule has 9 N–H and O–H groups in total. The van der Waals surface area contributed by atoms with Gasteiger partial charge in [0.15, 0.2) is 12.6 Å². The molecule has 2 rings (SSSR count). The highest BCUT2D eigenvalue weighted by molar-refractivity contribution is 5.76. The minimum Gasteiger partial charge on any atom is -0.394 e. The zero-order chi connectivity index (χ0) is 68.7. The number of aliphatic hydroxyl groups is 8. The van der Waals surface area contributed by atoms with Gasteiger partial charge in [-0.1, -0.05) is 365 Å². The molecule has 560 valence electrons. The van der Waals surface area contributed by atoms with Gasteiger partial charge in [-0.2, -0.15) is 0 Å². The molecule has 2 saturated heterocycles. The fraction of sp³-hybridized carbons (Fsp3) is 0.914. The number of rotatable bonds is 69. The minimum absolute atomic E-state index is 0.245. The van der Waals surface area contributed by atoms with E-state index in [4.69, 9.17) is 18.9 Å². The van der Waals surface area contributed by atoms with Gasteiger partial charge in [-0.25, -0.2) is 0 Å². The largest absolute Gasteiger partial charge is 0.394 e. The molecule has 12 atom stereocenters. The highest BCUT2D eigenvalue weighted by Crippen LogP contribution is 2.30. The molecule has 0 aromatic carbocycles. The summed E-state index contributed by atoms with van der Waals surface area (Å²) >= 11 is 0. The highest BCUT2D eigenvalue weighted by Gasteiger charge is 2.51. The lowest BCUT2D eigenvalue weighted by Crippen LogP contribution is -2.65. The second-order valence-corrected chi connectivity index (χ2v) is 28.9. The summed E-state index contributed by atoms with van der Waals surface area (Å²) in [5.74, 6) is -0.245. The lowest BCUT2D eigenvalue weighted by molar-refractivity contribution is -0.359. The lowest BCUT2D eigenvalue weighted by Gasteiger charge is -2.46. The fourth-order valence-corrected chi connectivity index (χ4v) is 13.6. The van der Waals surface area contributed by atoms with Gasteiger partial charge >= 0.3 is 0 Å². The third kappa shape index (κ3) is 48.6. The fourth-order valence-electron chi connectivity index (χ4n) is 13.6. The molecule has 14 nitrogen and oxygen atoms in total. The molecule has 2 heterocycles. The number of amides is 1. The average molecular weight is 1350 g/mol. The van der Waals surface area contributed by atoms with Crippen LogP contribution < -0.4 is 5.32 Å². The third-order valence-electron chi connectivity index (χ3n) is 20.1. The van der Waals surface area contributed by atoms with Crippen molar-refractivity contribution in [2.24, 2.45) is 0 Å². The zero-order valence-corrected chi connectivity index (χ0v) is 61.4. The van der Waals surface area contributed by atoms with Gasteiger partial charge in [0.05, 0.1) is 32.0 Å². The Bertz CT molecular complexity index is 1730. The van der Waals surface area contributed by atoms with E-state index in [-0.39, 0.29) is 18.9 Å². The summed E-state index contributed by atoms with van der Waals surface area (Å²) in [5, 5.41) is 87.6. The van der Waals surface area contributed by atoms with Crippen molar-refractivity contribution in [2.45, 2.75) is 453 Å². The van der Waals surface area contributed by atoms with Gasteiger partial charge in [-0.3, -0.25) is 4.79 Å². The summed E-state index contributed by atoms with van der Waals surface area (Å²) in [6, 6.07) is -0.938. The molecule has 2 aliphatic rings. The van der Waals surface area contributed by atoms with Crippen LogP contribution in [0.2, 0.25) is 0 Å². The molecule has 1 amide bonds. The van der Waals surface area contributed by atoms with E-state index in [1.165, 1.54) is 302 Å². The molecule has 2 aliphatic heterocycles. The zero-order valence-electron chi connectivity index (χ0n) is 61.4. The van der Waals surface area contributed by atoms with Crippen molar-refractivity contribution in [3.63, 3.8) is 0 Å². The van der Waals surface area contributed by atoms with E-state index in [0.29, 0.717) is 12.8 Å². The maximum Gasteiger partial charge on any atom is 0.220 e. The van der Waals surface area contributed by atoms with E-state index in [9.17, 15) is 45.6 Å². The summed E-state index contributed by atoms with van der Waals surface area (Å²) < 4.78 is 22.9. The smallest absolute Gasteiger partial charge is 0.220 e. The first kappa shape index (κ1) is 89.3. The maximum absolute atomic E-state index is 13.4. The summed E-state index contributed by atoms with van der Waals surface area (Å²) in [6.07, 6.45) is 69.6. The second kappa shape index (κ2) is 65.5. The van der Waals surface area contributed by atoms with Crippen LogP contribution in [0.5, 0.6) is 0 Å². The van der Waals surface area contributed by atoms with Gasteiger partial charge in [0.2, 0.25) is 5.91 Å². The van der Waals surface area contributed by atoms with E-state index in [0.717, 1.165) is 44.9 Å². The quantitative estimate of drug-likeness (QED) is 0.0204. The Morgan fingerprint density at radius 3 is 1.03 bits per heavy atom. The van der Waals surface area contributed by atoms with Crippen LogP contribution in [0.4, 0.5) is 0 Å². The lowest BCUT2D eigenvalue weighted by atomic mass is 9.97. The Labute approximate surface area is 582 Å². The molecule has 2 fully saturated rings. The molecule has 14 heteroatoms. The number of ether oxygens (including phenoxy) is 4. The molecule has 0 aromatic heterocycles. The predicted octanol–water partition coefficient (Wildman–Crippen LogP) is 18.4.